The molecule has 0 aliphatic carbocycles. The number of hydrogen-bond donors (Lipinski definition) is 0. The van der Waals surface area contributed by atoms with Gasteiger partial charge in [0.1, 0.15) is 23.3 Å². The number of ether oxygens (including phenoxy) is 3. The lowest BCUT2D eigenvalue weighted by Crippen LogP contribution is -2.26. The summed E-state index contributed by atoms with van der Waals surface area (Å²) < 4.78 is 21.5. The number of carbonyl (C=O) groups excluding carboxylic acids is 1. The predicted molar refractivity (Wildman–Crippen MR) is 101 cm³/mol. The van der Waals surface area contributed by atoms with E-state index in [1.54, 1.807) is 51.3 Å². The van der Waals surface area contributed by atoms with Crippen molar-refractivity contribution in [3.63, 3.8) is 0 Å². The number of para-hydroxylation sites is 1. The Bertz CT molecular complexity index is 1020. The van der Waals surface area contributed by atoms with Crippen molar-refractivity contribution in [2.45, 2.75) is 20.0 Å². The molecule has 0 unspecified atom stereocenters. The molecule has 1 atom stereocenters. The molecule has 3 rings (SSSR count). The fourth-order valence-electron chi connectivity index (χ4n) is 2.75. The molecule has 0 aliphatic rings. The fraction of sp³-hybridized carbons (Fsp3) is 0.238. The SMILES string of the molecule is CCOC(=O)[C@H](C)Oc1ccc2c(=O)c(-c3ccccc3OC)coc2c1. The van der Waals surface area contributed by atoms with Gasteiger partial charge in [0, 0.05) is 11.6 Å². The zero-order valence-electron chi connectivity index (χ0n) is 15.4. The smallest absolute Gasteiger partial charge is 0.347 e. The highest BCUT2D eigenvalue weighted by molar-refractivity contribution is 5.84. The van der Waals surface area contributed by atoms with Crippen molar-refractivity contribution >= 4 is 16.9 Å². The third-order valence-electron chi connectivity index (χ3n) is 4.07. The Balaban J connectivity index is 1.96. The molecule has 0 saturated carbocycles. The second kappa shape index (κ2) is 7.95. The summed E-state index contributed by atoms with van der Waals surface area (Å²) >= 11 is 0. The van der Waals surface area contributed by atoms with Gasteiger partial charge in [-0.15, -0.1) is 0 Å². The van der Waals surface area contributed by atoms with Crippen molar-refractivity contribution in [3.05, 3.63) is 59.0 Å². The van der Waals surface area contributed by atoms with E-state index in [1.807, 2.05) is 12.1 Å². The maximum Gasteiger partial charge on any atom is 0.347 e. The first-order chi connectivity index (χ1) is 13.0. The Morgan fingerprint density at radius 2 is 1.93 bits per heavy atom. The van der Waals surface area contributed by atoms with Gasteiger partial charge < -0.3 is 18.6 Å². The van der Waals surface area contributed by atoms with Gasteiger partial charge in [0.15, 0.2) is 6.10 Å². The third kappa shape index (κ3) is 3.79. The van der Waals surface area contributed by atoms with Crippen molar-refractivity contribution < 1.29 is 23.4 Å². The molecule has 1 aromatic heterocycles. The molecule has 0 bridgehead atoms. The van der Waals surface area contributed by atoms with E-state index in [0.717, 1.165) is 0 Å². The minimum Gasteiger partial charge on any atom is -0.496 e. The number of fused-ring (bicyclic) bond motifs is 1. The standard InChI is InChI=1S/C21H20O6/c1-4-25-21(23)13(2)27-14-9-10-16-19(11-14)26-12-17(20(16)22)15-7-5-6-8-18(15)24-3/h5-13H,4H2,1-3H3/t13-/m0/s1. The molecule has 6 heteroatoms. The summed E-state index contributed by atoms with van der Waals surface area (Å²) in [6, 6.07) is 12.1. The van der Waals surface area contributed by atoms with E-state index in [4.69, 9.17) is 18.6 Å². The summed E-state index contributed by atoms with van der Waals surface area (Å²) in [5.41, 5.74) is 1.26. The van der Waals surface area contributed by atoms with E-state index in [2.05, 4.69) is 0 Å². The first kappa shape index (κ1) is 18.5. The zero-order valence-corrected chi connectivity index (χ0v) is 15.4. The monoisotopic (exact) mass is 368 g/mol. The minimum absolute atomic E-state index is 0.175. The Hall–Kier alpha value is -3.28. The van der Waals surface area contributed by atoms with Crippen molar-refractivity contribution in [2.24, 2.45) is 0 Å². The Labute approximate surface area is 156 Å². The lowest BCUT2D eigenvalue weighted by atomic mass is 10.0. The summed E-state index contributed by atoms with van der Waals surface area (Å²) in [4.78, 5) is 24.6. The van der Waals surface area contributed by atoms with Crippen molar-refractivity contribution in [2.75, 3.05) is 13.7 Å². The van der Waals surface area contributed by atoms with E-state index >= 15 is 0 Å². The summed E-state index contributed by atoms with van der Waals surface area (Å²) in [6.45, 7) is 3.61. The minimum atomic E-state index is -0.762. The number of hydrogen-bond acceptors (Lipinski definition) is 6. The van der Waals surface area contributed by atoms with Crippen LogP contribution >= 0.6 is 0 Å². The lowest BCUT2D eigenvalue weighted by molar-refractivity contribution is -0.150. The number of benzene rings is 2. The van der Waals surface area contributed by atoms with Crippen molar-refractivity contribution in [1.29, 1.82) is 0 Å². The summed E-state index contributed by atoms with van der Waals surface area (Å²) in [7, 11) is 1.55. The molecule has 3 aromatic rings. The highest BCUT2D eigenvalue weighted by Crippen LogP contribution is 2.29. The van der Waals surface area contributed by atoms with Crippen LogP contribution in [0.4, 0.5) is 0 Å². The van der Waals surface area contributed by atoms with E-state index in [1.165, 1.54) is 6.26 Å². The molecule has 2 aromatic carbocycles. The first-order valence-electron chi connectivity index (χ1n) is 8.57. The van der Waals surface area contributed by atoms with Gasteiger partial charge in [-0.25, -0.2) is 4.79 Å². The quantitative estimate of drug-likeness (QED) is 0.616. The van der Waals surface area contributed by atoms with Gasteiger partial charge in [-0.05, 0) is 32.0 Å². The molecule has 0 amide bonds. The largest absolute Gasteiger partial charge is 0.496 e. The molecule has 0 N–H and O–H groups in total. The number of esters is 1. The second-order valence-electron chi connectivity index (χ2n) is 5.85. The molecule has 0 spiro atoms. The van der Waals surface area contributed by atoms with E-state index < -0.39 is 12.1 Å². The van der Waals surface area contributed by atoms with Gasteiger partial charge in [-0.2, -0.15) is 0 Å². The van der Waals surface area contributed by atoms with E-state index in [0.29, 0.717) is 33.6 Å². The Morgan fingerprint density at radius 3 is 2.67 bits per heavy atom. The molecular formula is C21H20O6. The molecule has 0 saturated heterocycles. The van der Waals surface area contributed by atoms with Gasteiger partial charge in [-0.3, -0.25) is 4.79 Å². The van der Waals surface area contributed by atoms with Gasteiger partial charge in [0.05, 0.1) is 24.7 Å². The van der Waals surface area contributed by atoms with Crippen LogP contribution in [0.25, 0.3) is 22.1 Å². The average molecular weight is 368 g/mol. The molecule has 6 nitrogen and oxygen atoms in total. The van der Waals surface area contributed by atoms with Crippen LogP contribution in [0, 0.1) is 0 Å². The van der Waals surface area contributed by atoms with Crippen LogP contribution in [0.1, 0.15) is 13.8 Å². The molecule has 0 aliphatic heterocycles. The summed E-state index contributed by atoms with van der Waals surface area (Å²) in [5, 5.41) is 0.412. The van der Waals surface area contributed by atoms with Crippen LogP contribution in [-0.2, 0) is 9.53 Å². The molecule has 27 heavy (non-hydrogen) atoms. The third-order valence-corrected chi connectivity index (χ3v) is 4.07. The predicted octanol–water partition coefficient (Wildman–Crippen LogP) is 3.80. The van der Waals surface area contributed by atoms with Crippen LogP contribution in [-0.4, -0.2) is 25.8 Å². The van der Waals surface area contributed by atoms with Crippen LogP contribution in [0.2, 0.25) is 0 Å². The van der Waals surface area contributed by atoms with Crippen LogP contribution < -0.4 is 14.9 Å². The molecular weight excluding hydrogens is 348 g/mol. The maximum atomic E-state index is 12.9. The van der Waals surface area contributed by atoms with Crippen molar-refractivity contribution in [1.82, 2.24) is 0 Å². The average Bonchev–Trinajstić information content (AvgIpc) is 2.68. The van der Waals surface area contributed by atoms with Crippen LogP contribution in [0.15, 0.2) is 57.9 Å². The van der Waals surface area contributed by atoms with E-state index in [9.17, 15) is 9.59 Å². The van der Waals surface area contributed by atoms with Gasteiger partial charge in [0.25, 0.3) is 0 Å². The first-order valence-corrected chi connectivity index (χ1v) is 8.57. The highest BCUT2D eigenvalue weighted by atomic mass is 16.6. The molecule has 0 radical (unpaired) electrons. The van der Waals surface area contributed by atoms with Gasteiger partial charge >= 0.3 is 5.97 Å². The topological polar surface area (TPSA) is 75.0 Å². The number of rotatable bonds is 6. The Kier molecular flexibility index (Phi) is 5.45. The Morgan fingerprint density at radius 1 is 1.15 bits per heavy atom. The maximum absolute atomic E-state index is 12.9. The van der Waals surface area contributed by atoms with Gasteiger partial charge in [0.2, 0.25) is 5.43 Å². The molecule has 0 fully saturated rings. The highest BCUT2D eigenvalue weighted by Gasteiger charge is 2.17. The number of carbonyl (C=O) groups is 1. The van der Waals surface area contributed by atoms with Crippen LogP contribution in [0.3, 0.4) is 0 Å². The van der Waals surface area contributed by atoms with Gasteiger partial charge in [-0.1, -0.05) is 18.2 Å². The zero-order chi connectivity index (χ0) is 19.4. The summed E-state index contributed by atoms with van der Waals surface area (Å²) in [6.07, 6.45) is 0.642. The fourth-order valence-corrected chi connectivity index (χ4v) is 2.75. The second-order valence-corrected chi connectivity index (χ2v) is 5.85. The van der Waals surface area contributed by atoms with Crippen LogP contribution in [0.5, 0.6) is 11.5 Å². The lowest BCUT2D eigenvalue weighted by Gasteiger charge is -2.13. The van der Waals surface area contributed by atoms with Crippen molar-refractivity contribution in [3.8, 4) is 22.6 Å². The number of methoxy groups -OCH3 is 1. The van der Waals surface area contributed by atoms with E-state index in [-0.39, 0.29) is 12.0 Å². The molecule has 140 valence electrons. The normalized spacial score (nSPS) is 11.8. The molecule has 1 heterocycles. The summed E-state index contributed by atoms with van der Waals surface area (Å²) in [5.74, 6) is 0.550.